The number of nitrogens with two attached hydrogens (primary N) is 1. The lowest BCUT2D eigenvalue weighted by Gasteiger charge is -2.29. The fraction of sp³-hybridized carbons (Fsp3) is 0.529. The van der Waals surface area contributed by atoms with Crippen molar-refractivity contribution in [2.24, 2.45) is 11.7 Å². The highest BCUT2D eigenvalue weighted by Crippen LogP contribution is 2.23. The lowest BCUT2D eigenvalue weighted by atomic mass is 10.1. The van der Waals surface area contributed by atoms with Crippen molar-refractivity contribution in [2.75, 3.05) is 36.4 Å². The van der Waals surface area contributed by atoms with Crippen molar-refractivity contribution in [3.8, 4) is 0 Å². The number of primary amides is 1. The van der Waals surface area contributed by atoms with Gasteiger partial charge in [0.25, 0.3) is 0 Å². The van der Waals surface area contributed by atoms with Gasteiger partial charge in [-0.05, 0) is 24.1 Å². The second-order valence-corrected chi connectivity index (χ2v) is 6.16. The number of nitrogens with one attached hydrogen (secondary N) is 2. The van der Waals surface area contributed by atoms with Gasteiger partial charge in [0.1, 0.15) is 5.82 Å². The second-order valence-electron chi connectivity index (χ2n) is 6.16. The van der Waals surface area contributed by atoms with Crippen LogP contribution in [0.15, 0.2) is 18.2 Å². The number of rotatable bonds is 4. The van der Waals surface area contributed by atoms with Gasteiger partial charge in [-0.1, -0.05) is 13.8 Å². The predicted molar refractivity (Wildman–Crippen MR) is 94.4 cm³/mol. The molecular weight excluding hydrogens is 311 g/mol. The maximum absolute atomic E-state index is 14.1. The first-order valence-electron chi connectivity index (χ1n) is 8.10. The van der Waals surface area contributed by atoms with Crippen LogP contribution in [0.1, 0.15) is 27.2 Å². The van der Waals surface area contributed by atoms with Gasteiger partial charge in [0.15, 0.2) is 0 Å². The third-order valence-electron chi connectivity index (χ3n) is 3.28. The molecule has 0 atom stereocenters. The number of anilines is 2. The Kier molecular flexibility index (Phi) is 8.18. The van der Waals surface area contributed by atoms with E-state index in [-0.39, 0.29) is 17.6 Å². The third-order valence-corrected chi connectivity index (χ3v) is 3.28. The van der Waals surface area contributed by atoms with Gasteiger partial charge in [-0.15, -0.1) is 0 Å². The maximum atomic E-state index is 14.1. The molecule has 1 aromatic carbocycles. The molecule has 6 nitrogen and oxygen atoms in total. The number of piperazine rings is 1. The quantitative estimate of drug-likeness (QED) is 0.780. The molecule has 1 saturated heterocycles. The van der Waals surface area contributed by atoms with E-state index in [1.165, 1.54) is 13.0 Å². The third kappa shape index (κ3) is 7.41. The minimum atomic E-state index is -0.333. The van der Waals surface area contributed by atoms with E-state index in [0.717, 1.165) is 26.2 Å². The first-order valence-corrected chi connectivity index (χ1v) is 8.10. The van der Waals surface area contributed by atoms with Gasteiger partial charge in [-0.2, -0.15) is 0 Å². The molecule has 24 heavy (non-hydrogen) atoms. The Morgan fingerprint density at radius 1 is 1.33 bits per heavy atom. The van der Waals surface area contributed by atoms with E-state index in [2.05, 4.69) is 16.4 Å². The summed E-state index contributed by atoms with van der Waals surface area (Å²) < 4.78 is 14.1. The Morgan fingerprint density at radius 2 is 1.92 bits per heavy atom. The molecular formula is C17H27FN4O2. The smallest absolute Gasteiger partial charge is 0.224 e. The van der Waals surface area contributed by atoms with Crippen LogP contribution in [0.3, 0.4) is 0 Å². The number of benzene rings is 1. The monoisotopic (exact) mass is 338 g/mol. The summed E-state index contributed by atoms with van der Waals surface area (Å²) in [4.78, 5) is 22.9. The summed E-state index contributed by atoms with van der Waals surface area (Å²) in [5.74, 6) is -0.400. The minimum Gasteiger partial charge on any atom is -0.370 e. The molecule has 0 saturated carbocycles. The van der Waals surface area contributed by atoms with Crippen molar-refractivity contribution in [1.82, 2.24) is 5.32 Å². The van der Waals surface area contributed by atoms with Crippen molar-refractivity contribution in [1.29, 1.82) is 0 Å². The molecule has 2 rings (SSSR count). The number of amides is 2. The Morgan fingerprint density at radius 3 is 2.42 bits per heavy atom. The fourth-order valence-electron chi connectivity index (χ4n) is 2.33. The van der Waals surface area contributed by atoms with E-state index < -0.39 is 0 Å². The molecule has 7 heteroatoms. The molecule has 1 heterocycles. The standard InChI is InChI=1S/C15H22FN3O.C2H5NO/c1-11(2)9-15(20)18-12-3-4-14(13(16)10-12)19-7-5-17-6-8-19;1-2(3)4/h3-4,10-11,17H,5-9H2,1-2H3,(H,18,20);1H3,(H2,3,4). The van der Waals surface area contributed by atoms with Crippen LogP contribution in [0.2, 0.25) is 0 Å². The van der Waals surface area contributed by atoms with Crippen LogP contribution in [0.25, 0.3) is 0 Å². The summed E-state index contributed by atoms with van der Waals surface area (Å²) in [6, 6.07) is 4.90. The van der Waals surface area contributed by atoms with E-state index in [0.29, 0.717) is 23.7 Å². The van der Waals surface area contributed by atoms with Crippen molar-refractivity contribution < 1.29 is 14.0 Å². The molecule has 0 aliphatic carbocycles. The van der Waals surface area contributed by atoms with E-state index in [4.69, 9.17) is 0 Å². The van der Waals surface area contributed by atoms with Crippen LogP contribution < -0.4 is 21.3 Å². The number of carbonyl (C=O) groups is 2. The average molecular weight is 338 g/mol. The van der Waals surface area contributed by atoms with E-state index in [9.17, 15) is 14.0 Å². The van der Waals surface area contributed by atoms with Gasteiger partial charge in [0.2, 0.25) is 11.8 Å². The lowest BCUT2D eigenvalue weighted by molar-refractivity contribution is -0.117. The van der Waals surface area contributed by atoms with Crippen molar-refractivity contribution >= 4 is 23.2 Å². The number of carbonyl (C=O) groups excluding carboxylic acids is 2. The second kappa shape index (κ2) is 9.87. The molecule has 4 N–H and O–H groups in total. The first kappa shape index (κ1) is 19.9. The van der Waals surface area contributed by atoms with E-state index in [1.807, 2.05) is 18.7 Å². The summed E-state index contributed by atoms with van der Waals surface area (Å²) >= 11 is 0. The summed E-state index contributed by atoms with van der Waals surface area (Å²) in [7, 11) is 0. The van der Waals surface area contributed by atoms with E-state index in [1.54, 1.807) is 12.1 Å². The van der Waals surface area contributed by atoms with Crippen LogP contribution in [0.4, 0.5) is 15.8 Å². The molecule has 1 aliphatic heterocycles. The van der Waals surface area contributed by atoms with Crippen molar-refractivity contribution in [3.63, 3.8) is 0 Å². The van der Waals surface area contributed by atoms with Gasteiger partial charge in [-0.25, -0.2) is 4.39 Å². The van der Waals surface area contributed by atoms with Crippen molar-refractivity contribution in [2.45, 2.75) is 27.2 Å². The number of halogens is 1. The zero-order valence-electron chi connectivity index (χ0n) is 14.6. The molecule has 0 aromatic heterocycles. The van der Waals surface area contributed by atoms with Crippen LogP contribution in [-0.2, 0) is 9.59 Å². The van der Waals surface area contributed by atoms with Gasteiger partial charge in [-0.3, -0.25) is 9.59 Å². The average Bonchev–Trinajstić information content (AvgIpc) is 2.46. The summed E-state index contributed by atoms with van der Waals surface area (Å²) in [5.41, 5.74) is 5.60. The maximum Gasteiger partial charge on any atom is 0.224 e. The predicted octanol–water partition coefficient (Wildman–Crippen LogP) is 1.71. The molecule has 1 fully saturated rings. The van der Waals surface area contributed by atoms with Gasteiger partial charge < -0.3 is 21.3 Å². The number of hydrogen-bond acceptors (Lipinski definition) is 4. The van der Waals surface area contributed by atoms with Crippen molar-refractivity contribution in [3.05, 3.63) is 24.0 Å². The normalized spacial score (nSPS) is 14.0. The zero-order valence-corrected chi connectivity index (χ0v) is 14.6. The summed E-state index contributed by atoms with van der Waals surface area (Å²) in [5, 5.41) is 5.97. The Hall–Kier alpha value is -2.15. The van der Waals surface area contributed by atoms with Crippen LogP contribution >= 0.6 is 0 Å². The number of nitrogens with zero attached hydrogens (tertiary/aromatic N) is 1. The fourth-order valence-corrected chi connectivity index (χ4v) is 2.33. The highest BCUT2D eigenvalue weighted by Gasteiger charge is 2.15. The Bertz CT molecular complexity index is 554. The summed E-state index contributed by atoms with van der Waals surface area (Å²) in [6.45, 7) is 8.60. The summed E-state index contributed by atoms with van der Waals surface area (Å²) in [6.07, 6.45) is 0.446. The SMILES string of the molecule is CC(C)CC(=O)Nc1ccc(N2CCNCC2)c(F)c1.CC(N)=O. The molecule has 1 aliphatic rings. The Balaban J connectivity index is 0.000000648. The lowest BCUT2D eigenvalue weighted by Crippen LogP contribution is -2.43. The zero-order chi connectivity index (χ0) is 18.1. The highest BCUT2D eigenvalue weighted by atomic mass is 19.1. The topological polar surface area (TPSA) is 87.5 Å². The van der Waals surface area contributed by atoms with Gasteiger partial charge >= 0.3 is 0 Å². The molecule has 0 radical (unpaired) electrons. The molecule has 2 amide bonds. The first-order chi connectivity index (χ1) is 11.3. The van der Waals surface area contributed by atoms with Gasteiger partial charge in [0, 0.05) is 45.2 Å². The van der Waals surface area contributed by atoms with Crippen LogP contribution in [0, 0.1) is 11.7 Å². The highest BCUT2D eigenvalue weighted by molar-refractivity contribution is 5.91. The molecule has 1 aromatic rings. The minimum absolute atomic E-state index is 0.0747. The molecule has 0 bridgehead atoms. The van der Waals surface area contributed by atoms with Crippen LogP contribution in [0.5, 0.6) is 0 Å². The molecule has 0 spiro atoms. The molecule has 0 unspecified atom stereocenters. The Labute approximate surface area is 142 Å². The largest absolute Gasteiger partial charge is 0.370 e. The number of hydrogen-bond donors (Lipinski definition) is 3. The van der Waals surface area contributed by atoms with Gasteiger partial charge in [0.05, 0.1) is 5.69 Å². The van der Waals surface area contributed by atoms with Crippen LogP contribution in [-0.4, -0.2) is 38.0 Å². The van der Waals surface area contributed by atoms with E-state index >= 15 is 0 Å². The molecule has 134 valence electrons.